The first-order valence-electron chi connectivity index (χ1n) is 12.7. The summed E-state index contributed by atoms with van der Waals surface area (Å²) in [6.07, 6.45) is 1.79. The van der Waals surface area contributed by atoms with Crippen LogP contribution in [-0.2, 0) is 4.79 Å². The SMILES string of the molecule is CC(C)CC(NC(=O)c1ccc2c(c1)oc1ccc(N3CCN(C)CC3)cc12)C(=O)NC1(C#N)CC1. The lowest BCUT2D eigenvalue weighted by Gasteiger charge is -2.34. The highest BCUT2D eigenvalue weighted by Crippen LogP contribution is 2.35. The molecule has 3 aromatic rings. The number of hydrogen-bond acceptors (Lipinski definition) is 6. The Hall–Kier alpha value is -3.57. The topological polar surface area (TPSA) is 102 Å². The van der Waals surface area contributed by atoms with Crippen molar-refractivity contribution in [3.63, 3.8) is 0 Å². The Morgan fingerprint density at radius 2 is 1.81 bits per heavy atom. The minimum absolute atomic E-state index is 0.200. The molecule has 1 saturated heterocycles. The van der Waals surface area contributed by atoms with E-state index in [4.69, 9.17) is 4.42 Å². The molecule has 36 heavy (non-hydrogen) atoms. The minimum atomic E-state index is -0.771. The summed E-state index contributed by atoms with van der Waals surface area (Å²) < 4.78 is 6.09. The van der Waals surface area contributed by atoms with Crippen LogP contribution in [0.4, 0.5) is 5.69 Å². The van der Waals surface area contributed by atoms with E-state index in [9.17, 15) is 14.9 Å². The van der Waals surface area contributed by atoms with Crippen LogP contribution < -0.4 is 15.5 Å². The van der Waals surface area contributed by atoms with E-state index in [1.54, 1.807) is 12.1 Å². The summed E-state index contributed by atoms with van der Waals surface area (Å²) in [4.78, 5) is 30.7. The van der Waals surface area contributed by atoms with E-state index in [-0.39, 0.29) is 17.7 Å². The molecule has 2 amide bonds. The molecule has 1 saturated carbocycles. The van der Waals surface area contributed by atoms with Gasteiger partial charge in [0.1, 0.15) is 22.7 Å². The molecule has 188 valence electrons. The molecule has 8 nitrogen and oxygen atoms in total. The molecule has 2 aromatic carbocycles. The van der Waals surface area contributed by atoms with Gasteiger partial charge in [0.2, 0.25) is 5.91 Å². The Morgan fingerprint density at radius 1 is 1.06 bits per heavy atom. The van der Waals surface area contributed by atoms with Crippen LogP contribution >= 0.6 is 0 Å². The fraction of sp³-hybridized carbons (Fsp3) is 0.464. The number of rotatable bonds is 7. The van der Waals surface area contributed by atoms with E-state index in [1.807, 2.05) is 26.0 Å². The molecule has 1 unspecified atom stereocenters. The van der Waals surface area contributed by atoms with Gasteiger partial charge in [-0.2, -0.15) is 5.26 Å². The number of anilines is 1. The van der Waals surface area contributed by atoms with Crippen LogP contribution in [0.5, 0.6) is 0 Å². The van der Waals surface area contributed by atoms with Gasteiger partial charge in [0, 0.05) is 48.2 Å². The fourth-order valence-corrected chi connectivity index (χ4v) is 4.82. The Morgan fingerprint density at radius 3 is 2.47 bits per heavy atom. The third kappa shape index (κ3) is 4.89. The van der Waals surface area contributed by atoms with Gasteiger partial charge in [0.05, 0.1) is 6.07 Å². The second-order valence-corrected chi connectivity index (χ2v) is 10.6. The number of likely N-dealkylation sites (N-methyl/N-ethyl adjacent to an activating group) is 1. The number of piperazine rings is 1. The maximum atomic E-state index is 13.1. The average molecular weight is 488 g/mol. The summed E-state index contributed by atoms with van der Waals surface area (Å²) in [5, 5.41) is 17.0. The van der Waals surface area contributed by atoms with Crippen LogP contribution in [0, 0.1) is 17.2 Å². The van der Waals surface area contributed by atoms with E-state index in [2.05, 4.69) is 45.7 Å². The molecular weight excluding hydrogens is 454 g/mol. The molecule has 1 aliphatic heterocycles. The predicted molar refractivity (Wildman–Crippen MR) is 140 cm³/mol. The summed E-state index contributed by atoms with van der Waals surface area (Å²) in [5.41, 5.74) is 2.26. The van der Waals surface area contributed by atoms with Gasteiger partial charge in [-0.05, 0) is 68.6 Å². The highest BCUT2D eigenvalue weighted by molar-refractivity contribution is 6.08. The summed E-state index contributed by atoms with van der Waals surface area (Å²) >= 11 is 0. The summed E-state index contributed by atoms with van der Waals surface area (Å²) in [6.45, 7) is 8.05. The summed E-state index contributed by atoms with van der Waals surface area (Å²) in [7, 11) is 2.14. The number of nitrogens with one attached hydrogen (secondary N) is 2. The highest BCUT2D eigenvalue weighted by atomic mass is 16.3. The largest absolute Gasteiger partial charge is 0.456 e. The summed E-state index contributed by atoms with van der Waals surface area (Å²) in [5.74, 6) is -0.443. The predicted octanol–water partition coefficient (Wildman–Crippen LogP) is 3.65. The molecule has 0 radical (unpaired) electrons. The van der Waals surface area contributed by atoms with Crippen molar-refractivity contribution in [1.82, 2.24) is 15.5 Å². The van der Waals surface area contributed by atoms with Gasteiger partial charge in [-0.25, -0.2) is 0 Å². The second-order valence-electron chi connectivity index (χ2n) is 10.6. The molecule has 1 atom stereocenters. The third-order valence-electron chi connectivity index (χ3n) is 7.24. The van der Waals surface area contributed by atoms with Gasteiger partial charge in [-0.3, -0.25) is 9.59 Å². The van der Waals surface area contributed by atoms with E-state index in [1.165, 1.54) is 5.69 Å². The standard InChI is InChI=1S/C28H33N5O3/c1-18(2)14-23(27(35)31-28(17-29)8-9-28)30-26(34)19-4-6-21-22-16-20(33-12-10-32(3)11-13-33)5-7-24(22)36-25(21)15-19/h4-7,15-16,18,23H,8-14H2,1-3H3,(H,30,34)(H,31,35). The molecule has 2 heterocycles. The zero-order valence-corrected chi connectivity index (χ0v) is 21.1. The molecule has 2 fully saturated rings. The lowest BCUT2D eigenvalue weighted by atomic mass is 10.0. The van der Waals surface area contributed by atoms with Crippen LogP contribution in [0.25, 0.3) is 21.9 Å². The number of fused-ring (bicyclic) bond motifs is 3. The van der Waals surface area contributed by atoms with Crippen molar-refractivity contribution in [2.75, 3.05) is 38.1 Å². The van der Waals surface area contributed by atoms with Crippen molar-refractivity contribution >= 4 is 39.4 Å². The molecule has 2 aliphatic rings. The molecule has 5 rings (SSSR count). The molecule has 0 spiro atoms. The van der Waals surface area contributed by atoms with Crippen molar-refractivity contribution in [1.29, 1.82) is 5.26 Å². The second kappa shape index (κ2) is 9.47. The molecular formula is C28H33N5O3. The van der Waals surface area contributed by atoms with Gasteiger partial charge < -0.3 is 24.9 Å². The zero-order chi connectivity index (χ0) is 25.4. The number of furan rings is 1. The molecule has 1 aromatic heterocycles. The van der Waals surface area contributed by atoms with Crippen molar-refractivity contribution in [3.05, 3.63) is 42.0 Å². The zero-order valence-electron chi connectivity index (χ0n) is 21.1. The number of nitrogens with zero attached hydrogens (tertiary/aromatic N) is 3. The first-order chi connectivity index (χ1) is 17.3. The number of carbonyl (C=O) groups is 2. The smallest absolute Gasteiger partial charge is 0.252 e. The van der Waals surface area contributed by atoms with Gasteiger partial charge in [0.15, 0.2) is 0 Å². The van der Waals surface area contributed by atoms with E-state index in [0.29, 0.717) is 30.4 Å². The van der Waals surface area contributed by atoms with E-state index in [0.717, 1.165) is 42.5 Å². The van der Waals surface area contributed by atoms with Crippen molar-refractivity contribution in [2.45, 2.75) is 44.7 Å². The number of carbonyl (C=O) groups excluding carboxylic acids is 2. The first-order valence-corrected chi connectivity index (χ1v) is 12.7. The van der Waals surface area contributed by atoms with Gasteiger partial charge in [-0.15, -0.1) is 0 Å². The van der Waals surface area contributed by atoms with E-state index >= 15 is 0 Å². The highest BCUT2D eigenvalue weighted by Gasteiger charge is 2.45. The van der Waals surface area contributed by atoms with Gasteiger partial charge >= 0.3 is 0 Å². The minimum Gasteiger partial charge on any atom is -0.456 e. The van der Waals surface area contributed by atoms with Crippen LogP contribution in [0.1, 0.15) is 43.5 Å². The van der Waals surface area contributed by atoms with Gasteiger partial charge in [-0.1, -0.05) is 13.8 Å². The van der Waals surface area contributed by atoms with Crippen LogP contribution in [-0.4, -0.2) is 61.5 Å². The van der Waals surface area contributed by atoms with E-state index < -0.39 is 11.6 Å². The Labute approximate surface area is 211 Å². The van der Waals surface area contributed by atoms with Crippen molar-refractivity contribution in [3.8, 4) is 6.07 Å². The van der Waals surface area contributed by atoms with Crippen LogP contribution in [0.2, 0.25) is 0 Å². The van der Waals surface area contributed by atoms with Crippen molar-refractivity contribution < 1.29 is 14.0 Å². The molecule has 8 heteroatoms. The third-order valence-corrected chi connectivity index (χ3v) is 7.24. The average Bonchev–Trinajstić information content (AvgIpc) is 3.54. The lowest BCUT2D eigenvalue weighted by Crippen LogP contribution is -2.50. The fourth-order valence-electron chi connectivity index (χ4n) is 4.82. The number of benzene rings is 2. The normalized spacial score (nSPS) is 18.2. The van der Waals surface area contributed by atoms with Crippen LogP contribution in [0.15, 0.2) is 40.8 Å². The quantitative estimate of drug-likeness (QED) is 0.528. The Kier molecular flexibility index (Phi) is 6.35. The first kappa shape index (κ1) is 24.1. The Balaban J connectivity index is 1.36. The maximum absolute atomic E-state index is 13.1. The molecule has 2 N–H and O–H groups in total. The van der Waals surface area contributed by atoms with Crippen LogP contribution in [0.3, 0.4) is 0 Å². The molecule has 1 aliphatic carbocycles. The number of hydrogen-bond donors (Lipinski definition) is 2. The lowest BCUT2D eigenvalue weighted by molar-refractivity contribution is -0.123. The molecule has 0 bridgehead atoms. The Bertz CT molecular complexity index is 1340. The number of amides is 2. The maximum Gasteiger partial charge on any atom is 0.252 e. The monoisotopic (exact) mass is 487 g/mol. The van der Waals surface area contributed by atoms with Gasteiger partial charge in [0.25, 0.3) is 5.91 Å². The number of nitriles is 1. The summed E-state index contributed by atoms with van der Waals surface area (Å²) in [6, 6.07) is 13.1. The van der Waals surface area contributed by atoms with Crippen molar-refractivity contribution in [2.24, 2.45) is 5.92 Å².